The van der Waals surface area contributed by atoms with Crippen molar-refractivity contribution in [3.63, 3.8) is 0 Å². The standard InChI is InChI=1S/C22H21FN4O3S/c23-18-6-2-1-4-15(18)11-26-27-19(14-7-8-20(28)17(10-14)21(24)29)13-31-22(27)25-12-16-5-3-9-30-16/h1-2,4,6-8,10-11,13,16,28H,3,5,9,12H2,(H2,24,29)/b25-22?,26-11+. The Morgan fingerprint density at radius 1 is 1.35 bits per heavy atom. The fourth-order valence-corrected chi connectivity index (χ4v) is 4.13. The van der Waals surface area contributed by atoms with Gasteiger partial charge in [-0.05, 0) is 37.1 Å². The van der Waals surface area contributed by atoms with Crippen molar-refractivity contribution < 1.29 is 19.0 Å². The van der Waals surface area contributed by atoms with Crippen LogP contribution in [0.15, 0.2) is 57.9 Å². The molecule has 3 N–H and O–H groups in total. The van der Waals surface area contributed by atoms with Crippen LogP contribution in [0.3, 0.4) is 0 Å². The van der Waals surface area contributed by atoms with Gasteiger partial charge in [0.25, 0.3) is 5.91 Å². The molecule has 1 fully saturated rings. The molecule has 1 saturated heterocycles. The van der Waals surface area contributed by atoms with Gasteiger partial charge >= 0.3 is 0 Å². The number of ether oxygens (including phenoxy) is 1. The van der Waals surface area contributed by atoms with Crippen LogP contribution in [-0.4, -0.2) is 41.2 Å². The minimum atomic E-state index is -0.737. The van der Waals surface area contributed by atoms with E-state index in [0.29, 0.717) is 28.2 Å². The van der Waals surface area contributed by atoms with Gasteiger partial charge in [-0.2, -0.15) is 5.10 Å². The second-order valence-corrected chi connectivity index (χ2v) is 7.89. The van der Waals surface area contributed by atoms with E-state index in [-0.39, 0.29) is 23.2 Å². The second kappa shape index (κ2) is 9.23. The number of primary amides is 1. The Balaban J connectivity index is 1.78. The van der Waals surface area contributed by atoms with Crippen molar-refractivity contribution in [3.05, 3.63) is 69.6 Å². The molecule has 1 aliphatic heterocycles. The van der Waals surface area contributed by atoms with Crippen LogP contribution in [-0.2, 0) is 4.74 Å². The normalized spacial score (nSPS) is 16.9. The Kier molecular flexibility index (Phi) is 6.24. The molecule has 1 atom stereocenters. The molecule has 0 aliphatic carbocycles. The van der Waals surface area contributed by atoms with Crippen molar-refractivity contribution in [2.75, 3.05) is 13.2 Å². The number of hydrogen-bond acceptors (Lipinski definition) is 6. The SMILES string of the molecule is NC(=O)c1cc(-c2csc(=NCC3CCCO3)n2/N=C/c2ccccc2F)ccc1O. The summed E-state index contributed by atoms with van der Waals surface area (Å²) in [5, 5.41) is 16.2. The summed E-state index contributed by atoms with van der Waals surface area (Å²) in [4.78, 5) is 16.9. The van der Waals surface area contributed by atoms with Crippen LogP contribution in [0, 0.1) is 5.82 Å². The molecule has 2 aromatic carbocycles. The maximum Gasteiger partial charge on any atom is 0.252 e. The lowest BCUT2D eigenvalue weighted by Gasteiger charge is -2.07. The number of aromatic hydroxyl groups is 1. The van der Waals surface area contributed by atoms with Crippen LogP contribution in [0.2, 0.25) is 0 Å². The number of phenols is 1. The van der Waals surface area contributed by atoms with Crippen molar-refractivity contribution >= 4 is 23.5 Å². The number of amides is 1. The first kappa shape index (κ1) is 21.0. The van der Waals surface area contributed by atoms with Crippen LogP contribution in [0.4, 0.5) is 4.39 Å². The van der Waals surface area contributed by atoms with Crippen molar-refractivity contribution in [1.82, 2.24) is 4.68 Å². The highest BCUT2D eigenvalue weighted by Gasteiger charge is 2.16. The number of rotatable bonds is 6. The zero-order valence-corrected chi connectivity index (χ0v) is 17.4. The number of benzene rings is 2. The van der Waals surface area contributed by atoms with Crippen LogP contribution < -0.4 is 10.5 Å². The van der Waals surface area contributed by atoms with E-state index >= 15 is 0 Å². The molecule has 31 heavy (non-hydrogen) atoms. The van der Waals surface area contributed by atoms with Gasteiger partial charge in [-0.3, -0.25) is 9.79 Å². The average molecular weight is 440 g/mol. The lowest BCUT2D eigenvalue weighted by atomic mass is 10.1. The number of hydrogen-bond donors (Lipinski definition) is 2. The number of nitrogens with zero attached hydrogens (tertiary/aromatic N) is 3. The van der Waals surface area contributed by atoms with Gasteiger partial charge in [0, 0.05) is 23.1 Å². The molecule has 0 bridgehead atoms. The fourth-order valence-electron chi connectivity index (χ4n) is 3.28. The molecule has 0 saturated carbocycles. The van der Waals surface area contributed by atoms with Crippen LogP contribution in [0.5, 0.6) is 5.75 Å². The minimum Gasteiger partial charge on any atom is -0.507 e. The first-order valence-electron chi connectivity index (χ1n) is 9.77. The summed E-state index contributed by atoms with van der Waals surface area (Å²) in [6.07, 6.45) is 3.47. The van der Waals surface area contributed by atoms with E-state index in [4.69, 9.17) is 10.5 Å². The Hall–Kier alpha value is -3.30. The monoisotopic (exact) mass is 440 g/mol. The maximum absolute atomic E-state index is 14.1. The Bertz CT molecular complexity index is 1200. The van der Waals surface area contributed by atoms with Crippen LogP contribution in [0.25, 0.3) is 11.3 Å². The molecule has 3 aromatic rings. The average Bonchev–Trinajstić information content (AvgIpc) is 3.41. The Labute approximate surface area is 181 Å². The van der Waals surface area contributed by atoms with Gasteiger partial charge in [-0.25, -0.2) is 9.07 Å². The van der Waals surface area contributed by atoms with Gasteiger partial charge in [-0.15, -0.1) is 11.3 Å². The smallest absolute Gasteiger partial charge is 0.252 e. The molecular weight excluding hydrogens is 419 g/mol. The molecule has 0 radical (unpaired) electrons. The van der Waals surface area contributed by atoms with Crippen molar-refractivity contribution in [1.29, 1.82) is 0 Å². The summed E-state index contributed by atoms with van der Waals surface area (Å²) in [5.74, 6) is -1.32. The summed E-state index contributed by atoms with van der Waals surface area (Å²) in [6.45, 7) is 1.24. The van der Waals surface area contributed by atoms with Gasteiger partial charge in [-0.1, -0.05) is 18.2 Å². The molecule has 160 valence electrons. The number of carbonyl (C=O) groups is 1. The predicted octanol–water partition coefficient (Wildman–Crippen LogP) is 3.12. The van der Waals surface area contributed by atoms with Gasteiger partial charge in [0.2, 0.25) is 4.80 Å². The zero-order chi connectivity index (χ0) is 21.8. The van der Waals surface area contributed by atoms with Crippen molar-refractivity contribution in [3.8, 4) is 17.0 Å². The summed E-state index contributed by atoms with van der Waals surface area (Å²) < 4.78 is 21.3. The van der Waals surface area contributed by atoms with E-state index in [9.17, 15) is 14.3 Å². The zero-order valence-electron chi connectivity index (χ0n) is 16.6. The van der Waals surface area contributed by atoms with Gasteiger partial charge in [0.15, 0.2) is 0 Å². The van der Waals surface area contributed by atoms with Crippen LogP contribution >= 0.6 is 11.3 Å². The fraction of sp³-hybridized carbons (Fsp3) is 0.227. The van der Waals surface area contributed by atoms with Crippen LogP contribution in [0.1, 0.15) is 28.8 Å². The largest absolute Gasteiger partial charge is 0.507 e. The third-order valence-corrected chi connectivity index (χ3v) is 5.77. The van der Waals surface area contributed by atoms with Gasteiger partial charge in [0.05, 0.1) is 30.1 Å². The van der Waals surface area contributed by atoms with Crippen molar-refractivity contribution in [2.45, 2.75) is 18.9 Å². The molecular formula is C22H21FN4O3S. The molecule has 9 heteroatoms. The summed E-state index contributed by atoms with van der Waals surface area (Å²) in [7, 11) is 0. The highest BCUT2D eigenvalue weighted by atomic mass is 32.1. The molecule has 1 aromatic heterocycles. The van der Waals surface area contributed by atoms with E-state index < -0.39 is 5.91 Å². The topological polar surface area (TPSA) is 102 Å². The van der Waals surface area contributed by atoms with Gasteiger partial charge in [0.1, 0.15) is 11.6 Å². The third kappa shape index (κ3) is 4.73. The molecule has 1 aliphatic rings. The highest BCUT2D eigenvalue weighted by Crippen LogP contribution is 2.26. The Morgan fingerprint density at radius 2 is 2.19 bits per heavy atom. The molecule has 0 spiro atoms. The maximum atomic E-state index is 14.1. The first-order valence-corrected chi connectivity index (χ1v) is 10.7. The lowest BCUT2D eigenvalue weighted by Crippen LogP contribution is -2.17. The highest BCUT2D eigenvalue weighted by molar-refractivity contribution is 7.07. The number of nitrogens with two attached hydrogens (primary N) is 1. The second-order valence-electron chi connectivity index (χ2n) is 7.05. The molecule has 1 unspecified atom stereocenters. The number of carbonyl (C=O) groups excluding carboxylic acids is 1. The first-order chi connectivity index (χ1) is 15.0. The molecule has 1 amide bonds. The molecule has 2 heterocycles. The lowest BCUT2D eigenvalue weighted by molar-refractivity contribution is 0.0997. The summed E-state index contributed by atoms with van der Waals surface area (Å²) >= 11 is 1.37. The number of aromatic nitrogens is 1. The molecule has 4 rings (SSSR count). The number of halogens is 1. The van der Waals surface area contributed by atoms with Gasteiger partial charge < -0.3 is 15.6 Å². The van der Waals surface area contributed by atoms with E-state index in [2.05, 4.69) is 10.1 Å². The van der Waals surface area contributed by atoms with E-state index in [1.54, 1.807) is 28.9 Å². The van der Waals surface area contributed by atoms with E-state index in [1.807, 2.05) is 5.38 Å². The Morgan fingerprint density at radius 3 is 2.94 bits per heavy atom. The summed E-state index contributed by atoms with van der Waals surface area (Å²) in [5.41, 5.74) is 6.96. The summed E-state index contributed by atoms with van der Waals surface area (Å²) in [6, 6.07) is 10.9. The van der Waals surface area contributed by atoms with Crippen molar-refractivity contribution in [2.24, 2.45) is 15.8 Å². The minimum absolute atomic E-state index is 0.00572. The third-order valence-electron chi connectivity index (χ3n) is 4.91. The number of thiazole rings is 1. The molecule has 7 nitrogen and oxygen atoms in total. The predicted molar refractivity (Wildman–Crippen MR) is 117 cm³/mol. The quantitative estimate of drug-likeness (QED) is 0.576. The van der Waals surface area contributed by atoms with E-state index in [1.165, 1.54) is 35.8 Å². The van der Waals surface area contributed by atoms with E-state index in [0.717, 1.165) is 19.4 Å².